The molecule has 0 unspecified atom stereocenters. The van der Waals surface area contributed by atoms with Crippen LogP contribution in [-0.4, -0.2) is 30.5 Å². The molecule has 0 fully saturated rings. The Hall–Kier alpha value is -2.35. The number of nitrogens with zero attached hydrogens (tertiary/aromatic N) is 3. The quantitative estimate of drug-likeness (QED) is 0.626. The van der Waals surface area contributed by atoms with Crippen molar-refractivity contribution >= 4 is 0 Å². The van der Waals surface area contributed by atoms with E-state index in [1.807, 2.05) is 0 Å². The summed E-state index contributed by atoms with van der Waals surface area (Å²) in [7, 11) is 0. The third kappa shape index (κ3) is 2.61. The number of nitrogens with one attached hydrogen (secondary N) is 1. The number of rotatable bonds is 4. The molecule has 0 aromatic carbocycles. The molecular weight excluding hydrogens is 228 g/mol. The van der Waals surface area contributed by atoms with Gasteiger partial charge in [-0.1, -0.05) is 0 Å². The van der Waals surface area contributed by atoms with Crippen LogP contribution in [-0.2, 0) is 18.0 Å². The SMILES string of the molecule is O=c1cc(COCc2cn[nH]n2)n(O)cc1O. The van der Waals surface area contributed by atoms with Crippen LogP contribution in [0.15, 0.2) is 23.3 Å². The molecule has 2 aromatic heterocycles. The van der Waals surface area contributed by atoms with E-state index in [4.69, 9.17) is 9.84 Å². The second-order valence-corrected chi connectivity index (χ2v) is 3.31. The van der Waals surface area contributed by atoms with Gasteiger partial charge in [0.15, 0.2) is 5.75 Å². The molecule has 2 aromatic rings. The van der Waals surface area contributed by atoms with Gasteiger partial charge in [0.2, 0.25) is 5.43 Å². The zero-order valence-electron chi connectivity index (χ0n) is 8.70. The van der Waals surface area contributed by atoms with Crippen LogP contribution in [0.5, 0.6) is 5.75 Å². The lowest BCUT2D eigenvalue weighted by molar-refractivity contribution is 0.0777. The Morgan fingerprint density at radius 1 is 1.47 bits per heavy atom. The first-order valence-corrected chi connectivity index (χ1v) is 4.73. The van der Waals surface area contributed by atoms with Crippen molar-refractivity contribution in [2.75, 3.05) is 0 Å². The minimum atomic E-state index is -0.574. The molecule has 3 N–H and O–H groups in total. The molecule has 0 radical (unpaired) electrons. The normalized spacial score (nSPS) is 10.6. The van der Waals surface area contributed by atoms with E-state index in [-0.39, 0.29) is 18.9 Å². The van der Waals surface area contributed by atoms with Crippen molar-refractivity contribution in [3.05, 3.63) is 40.1 Å². The minimum Gasteiger partial charge on any atom is -0.503 e. The molecule has 0 amide bonds. The van der Waals surface area contributed by atoms with Gasteiger partial charge in [-0.05, 0) is 0 Å². The van der Waals surface area contributed by atoms with E-state index in [0.717, 1.165) is 12.3 Å². The van der Waals surface area contributed by atoms with Crippen LogP contribution < -0.4 is 5.43 Å². The van der Waals surface area contributed by atoms with Crippen molar-refractivity contribution < 1.29 is 15.1 Å². The first-order chi connectivity index (χ1) is 8.16. The monoisotopic (exact) mass is 238 g/mol. The second-order valence-electron chi connectivity index (χ2n) is 3.31. The summed E-state index contributed by atoms with van der Waals surface area (Å²) in [6.07, 6.45) is 2.42. The standard InChI is InChI=1S/C9H10N4O4/c14-8-1-7(13(16)3-9(8)15)5-17-4-6-2-10-12-11-6/h1-3,15-16H,4-5H2,(H,10,11,12). The molecule has 90 valence electrons. The van der Waals surface area contributed by atoms with Crippen LogP contribution in [0.1, 0.15) is 11.4 Å². The average molecular weight is 238 g/mol. The smallest absolute Gasteiger partial charge is 0.223 e. The van der Waals surface area contributed by atoms with Crippen LogP contribution in [0, 0.1) is 0 Å². The van der Waals surface area contributed by atoms with Gasteiger partial charge < -0.3 is 15.1 Å². The van der Waals surface area contributed by atoms with Crippen molar-refractivity contribution in [1.82, 2.24) is 20.1 Å². The molecule has 0 saturated carbocycles. The van der Waals surface area contributed by atoms with Crippen LogP contribution >= 0.6 is 0 Å². The van der Waals surface area contributed by atoms with Gasteiger partial charge in [-0.2, -0.15) is 20.1 Å². The molecule has 2 rings (SSSR count). The largest absolute Gasteiger partial charge is 0.503 e. The third-order valence-corrected chi connectivity index (χ3v) is 2.05. The number of aromatic nitrogens is 4. The number of aromatic hydroxyl groups is 1. The maximum absolute atomic E-state index is 11.1. The van der Waals surface area contributed by atoms with Crippen molar-refractivity contribution in [2.24, 2.45) is 0 Å². The molecule has 8 heteroatoms. The first kappa shape index (κ1) is 11.1. The number of hydrogen-bond donors (Lipinski definition) is 3. The highest BCUT2D eigenvalue weighted by Crippen LogP contribution is 2.05. The zero-order chi connectivity index (χ0) is 12.3. The van der Waals surface area contributed by atoms with Crippen LogP contribution in [0.2, 0.25) is 0 Å². The minimum absolute atomic E-state index is 0.0128. The van der Waals surface area contributed by atoms with Crippen LogP contribution in [0.4, 0.5) is 0 Å². The highest BCUT2D eigenvalue weighted by atomic mass is 16.5. The fraction of sp³-hybridized carbons (Fsp3) is 0.222. The molecular formula is C9H10N4O4. The topological polar surface area (TPSA) is 113 Å². The van der Waals surface area contributed by atoms with Gasteiger partial charge >= 0.3 is 0 Å². The molecule has 0 atom stereocenters. The van der Waals surface area contributed by atoms with Gasteiger partial charge in [0.1, 0.15) is 5.69 Å². The average Bonchev–Trinajstić information content (AvgIpc) is 2.78. The van der Waals surface area contributed by atoms with E-state index in [1.54, 1.807) is 0 Å². The molecule has 17 heavy (non-hydrogen) atoms. The Balaban J connectivity index is 1.99. The number of hydrogen-bond acceptors (Lipinski definition) is 6. The Morgan fingerprint density at radius 2 is 2.29 bits per heavy atom. The molecule has 0 aliphatic carbocycles. The highest BCUT2D eigenvalue weighted by Gasteiger charge is 2.05. The fourth-order valence-electron chi connectivity index (χ4n) is 1.22. The molecule has 0 bridgehead atoms. The van der Waals surface area contributed by atoms with E-state index in [1.165, 1.54) is 6.20 Å². The lowest BCUT2D eigenvalue weighted by Gasteiger charge is -2.07. The number of ether oxygens (including phenoxy) is 1. The third-order valence-electron chi connectivity index (χ3n) is 2.05. The molecule has 0 aliphatic heterocycles. The van der Waals surface area contributed by atoms with Gasteiger partial charge in [-0.25, -0.2) is 0 Å². The van der Waals surface area contributed by atoms with E-state index in [9.17, 15) is 10.0 Å². The Labute approximate surface area is 95.1 Å². The summed E-state index contributed by atoms with van der Waals surface area (Å²) < 4.78 is 5.85. The lowest BCUT2D eigenvalue weighted by atomic mass is 10.3. The van der Waals surface area contributed by atoms with Gasteiger partial charge in [-0.15, -0.1) is 0 Å². The summed E-state index contributed by atoms with van der Waals surface area (Å²) in [5.74, 6) is -0.521. The lowest BCUT2D eigenvalue weighted by Crippen LogP contribution is -2.11. The van der Waals surface area contributed by atoms with Gasteiger partial charge in [0.05, 0.1) is 31.3 Å². The van der Waals surface area contributed by atoms with Crippen LogP contribution in [0.3, 0.4) is 0 Å². The van der Waals surface area contributed by atoms with E-state index in [2.05, 4.69) is 15.4 Å². The summed E-state index contributed by atoms with van der Waals surface area (Å²) in [6.45, 7) is 0.213. The maximum atomic E-state index is 11.1. The maximum Gasteiger partial charge on any atom is 0.223 e. The van der Waals surface area contributed by atoms with Gasteiger partial charge in [0, 0.05) is 6.07 Å². The van der Waals surface area contributed by atoms with Gasteiger partial charge in [0.25, 0.3) is 0 Å². The molecule has 8 nitrogen and oxygen atoms in total. The number of H-pyrrole nitrogens is 1. The Morgan fingerprint density at radius 3 is 3.00 bits per heavy atom. The summed E-state index contributed by atoms with van der Waals surface area (Å²) in [5.41, 5.74) is 0.266. The Bertz CT molecular complexity index is 549. The number of pyridine rings is 1. The van der Waals surface area contributed by atoms with Gasteiger partial charge in [-0.3, -0.25) is 4.79 Å². The van der Waals surface area contributed by atoms with E-state index in [0.29, 0.717) is 10.4 Å². The summed E-state index contributed by atoms with van der Waals surface area (Å²) in [4.78, 5) is 11.1. The fourth-order valence-corrected chi connectivity index (χ4v) is 1.22. The van der Waals surface area contributed by atoms with Crippen molar-refractivity contribution in [3.8, 4) is 5.75 Å². The molecule has 0 aliphatic rings. The van der Waals surface area contributed by atoms with Crippen LogP contribution in [0.25, 0.3) is 0 Å². The highest BCUT2D eigenvalue weighted by molar-refractivity contribution is 5.18. The molecule has 2 heterocycles. The van der Waals surface area contributed by atoms with Crippen molar-refractivity contribution in [2.45, 2.75) is 13.2 Å². The predicted octanol–water partition coefficient (Wildman–Crippen LogP) is -0.374. The predicted molar refractivity (Wildman–Crippen MR) is 54.4 cm³/mol. The molecule has 0 saturated heterocycles. The molecule has 0 spiro atoms. The Kier molecular flexibility index (Phi) is 3.06. The summed E-state index contributed by atoms with van der Waals surface area (Å²) >= 11 is 0. The summed E-state index contributed by atoms with van der Waals surface area (Å²) in [6, 6.07) is 1.10. The van der Waals surface area contributed by atoms with E-state index < -0.39 is 11.2 Å². The number of aromatic amines is 1. The summed E-state index contributed by atoms with van der Waals surface area (Å²) in [5, 5.41) is 28.2. The van der Waals surface area contributed by atoms with Crippen molar-refractivity contribution in [1.29, 1.82) is 0 Å². The van der Waals surface area contributed by atoms with E-state index >= 15 is 0 Å². The zero-order valence-corrected chi connectivity index (χ0v) is 8.70. The van der Waals surface area contributed by atoms with Crippen molar-refractivity contribution in [3.63, 3.8) is 0 Å². The first-order valence-electron chi connectivity index (χ1n) is 4.73. The second kappa shape index (κ2) is 4.66.